The zero-order valence-corrected chi connectivity index (χ0v) is 25.3. The number of aryl methyl sites for hydroxylation is 3. The largest absolute Gasteiger partial charge is 0.357 e. The fourth-order valence-corrected chi connectivity index (χ4v) is 6.17. The molecule has 0 saturated heterocycles. The van der Waals surface area contributed by atoms with E-state index in [1.165, 1.54) is 11.9 Å². The van der Waals surface area contributed by atoms with E-state index >= 15 is 0 Å². The predicted octanol–water partition coefficient (Wildman–Crippen LogP) is 5.19. The Balaban J connectivity index is 1.78. The smallest absolute Gasteiger partial charge is 0.264 e. The van der Waals surface area contributed by atoms with Crippen LogP contribution in [0.3, 0.4) is 0 Å². The first-order valence-corrected chi connectivity index (χ1v) is 15.3. The van der Waals surface area contributed by atoms with Crippen LogP contribution in [0.25, 0.3) is 0 Å². The van der Waals surface area contributed by atoms with Crippen LogP contribution in [0, 0.1) is 20.8 Å². The summed E-state index contributed by atoms with van der Waals surface area (Å²) in [6.07, 6.45) is 0.271. The molecule has 0 aliphatic carbocycles. The number of carbonyl (C=O) groups is 2. The van der Waals surface area contributed by atoms with Crippen molar-refractivity contribution in [3.05, 3.63) is 131 Å². The van der Waals surface area contributed by atoms with Gasteiger partial charge in [0.1, 0.15) is 12.6 Å². The highest BCUT2D eigenvalue weighted by Gasteiger charge is 2.34. The van der Waals surface area contributed by atoms with Gasteiger partial charge in [0.15, 0.2) is 0 Å². The van der Waals surface area contributed by atoms with E-state index in [0.29, 0.717) is 5.69 Å². The molecule has 0 spiro atoms. The molecule has 0 radical (unpaired) electrons. The van der Waals surface area contributed by atoms with Crippen LogP contribution in [0.4, 0.5) is 5.69 Å². The first-order chi connectivity index (χ1) is 20.1. The van der Waals surface area contributed by atoms with Gasteiger partial charge in [-0.1, -0.05) is 90.0 Å². The van der Waals surface area contributed by atoms with Crippen molar-refractivity contribution in [3.8, 4) is 0 Å². The number of amides is 2. The molecule has 4 aromatic carbocycles. The van der Waals surface area contributed by atoms with Gasteiger partial charge >= 0.3 is 0 Å². The van der Waals surface area contributed by atoms with Crippen molar-refractivity contribution in [2.24, 2.45) is 0 Å². The average molecular weight is 584 g/mol. The van der Waals surface area contributed by atoms with Gasteiger partial charge < -0.3 is 10.2 Å². The van der Waals surface area contributed by atoms with Crippen molar-refractivity contribution in [2.75, 3.05) is 17.9 Å². The summed E-state index contributed by atoms with van der Waals surface area (Å²) in [5, 5.41) is 2.70. The highest BCUT2D eigenvalue weighted by molar-refractivity contribution is 7.92. The van der Waals surface area contributed by atoms with Gasteiger partial charge in [0.05, 0.1) is 10.6 Å². The Kier molecular flexibility index (Phi) is 9.80. The SMILES string of the molecule is CNC(=O)[C@@H](Cc1ccccc1)N(Cc1ccc(C)cc1)C(=O)CN(c1cccc(C)c1)S(=O)(=O)c1ccc(C)cc1. The summed E-state index contributed by atoms with van der Waals surface area (Å²) in [5.74, 6) is -0.819. The summed E-state index contributed by atoms with van der Waals surface area (Å²) in [4.78, 5) is 29.2. The zero-order chi connectivity index (χ0) is 30.3. The summed E-state index contributed by atoms with van der Waals surface area (Å²) in [6, 6.07) is 29.9. The topological polar surface area (TPSA) is 86.8 Å². The molecule has 0 aliphatic rings. The normalized spacial score (nSPS) is 11.9. The Morgan fingerprint density at radius 3 is 1.95 bits per heavy atom. The fraction of sp³-hybridized carbons (Fsp3) is 0.235. The fourth-order valence-electron chi connectivity index (χ4n) is 4.76. The van der Waals surface area contributed by atoms with Crippen molar-refractivity contribution in [1.82, 2.24) is 10.2 Å². The van der Waals surface area contributed by atoms with Crippen molar-refractivity contribution in [3.63, 3.8) is 0 Å². The molecule has 7 nitrogen and oxygen atoms in total. The van der Waals surface area contributed by atoms with E-state index in [1.54, 1.807) is 42.5 Å². The number of hydrogen-bond acceptors (Lipinski definition) is 4. The number of sulfonamides is 1. The second kappa shape index (κ2) is 13.5. The predicted molar refractivity (Wildman–Crippen MR) is 167 cm³/mol. The Morgan fingerprint density at radius 2 is 1.36 bits per heavy atom. The van der Waals surface area contributed by atoms with Crippen molar-refractivity contribution in [1.29, 1.82) is 0 Å². The summed E-state index contributed by atoms with van der Waals surface area (Å²) < 4.78 is 29.2. The first-order valence-electron chi connectivity index (χ1n) is 13.8. The summed E-state index contributed by atoms with van der Waals surface area (Å²) >= 11 is 0. The third-order valence-corrected chi connectivity index (χ3v) is 8.96. The van der Waals surface area contributed by atoms with Crippen LogP contribution < -0.4 is 9.62 Å². The minimum absolute atomic E-state index is 0.0830. The number of nitrogens with one attached hydrogen (secondary N) is 1. The third kappa shape index (κ3) is 7.44. The number of rotatable bonds is 11. The Hall–Kier alpha value is -4.43. The molecule has 0 fully saturated rings. The zero-order valence-electron chi connectivity index (χ0n) is 24.4. The minimum Gasteiger partial charge on any atom is -0.357 e. The number of carbonyl (C=O) groups excluding carboxylic acids is 2. The van der Waals surface area contributed by atoms with Crippen LogP contribution >= 0.6 is 0 Å². The molecule has 4 rings (SSSR count). The Bertz CT molecular complexity index is 1620. The van der Waals surface area contributed by atoms with Crippen LogP contribution in [0.5, 0.6) is 0 Å². The van der Waals surface area contributed by atoms with Gasteiger partial charge in [-0.05, 0) is 61.7 Å². The Labute approximate surface area is 248 Å². The third-order valence-electron chi connectivity index (χ3n) is 7.17. The summed E-state index contributed by atoms with van der Waals surface area (Å²) in [7, 11) is -2.58. The van der Waals surface area contributed by atoms with E-state index in [0.717, 1.165) is 32.1 Å². The van der Waals surface area contributed by atoms with E-state index in [-0.39, 0.29) is 23.8 Å². The molecular weight excluding hydrogens is 546 g/mol. The van der Waals surface area contributed by atoms with Crippen LogP contribution in [0.15, 0.2) is 108 Å². The highest BCUT2D eigenvalue weighted by atomic mass is 32.2. The minimum atomic E-state index is -4.12. The van der Waals surface area contributed by atoms with Crippen LogP contribution in [-0.2, 0) is 32.6 Å². The van der Waals surface area contributed by atoms with E-state index in [2.05, 4.69) is 5.32 Å². The molecule has 1 atom stereocenters. The molecule has 0 saturated carbocycles. The Morgan fingerprint density at radius 1 is 0.738 bits per heavy atom. The van der Waals surface area contributed by atoms with E-state index in [1.807, 2.05) is 81.4 Å². The van der Waals surface area contributed by atoms with Gasteiger partial charge in [-0.2, -0.15) is 0 Å². The molecule has 0 bridgehead atoms. The maximum atomic E-state index is 14.3. The maximum Gasteiger partial charge on any atom is 0.264 e. The molecular formula is C34H37N3O4S. The molecule has 2 amide bonds. The lowest BCUT2D eigenvalue weighted by atomic mass is 10.0. The number of hydrogen-bond donors (Lipinski definition) is 1. The standard InChI is InChI=1S/C34H37N3O4S/c1-25-13-17-29(18-14-25)23-36(32(34(39)35-4)22-28-10-6-5-7-11-28)33(38)24-37(30-12-8-9-27(3)21-30)42(40,41)31-19-15-26(2)16-20-31/h5-21,32H,22-24H2,1-4H3,(H,35,39)/t32-/m1/s1. The first kappa shape index (κ1) is 30.5. The van der Waals surface area contributed by atoms with Crippen molar-refractivity contribution >= 4 is 27.5 Å². The second-order valence-electron chi connectivity index (χ2n) is 10.5. The molecule has 8 heteroatoms. The second-order valence-corrected chi connectivity index (χ2v) is 12.4. The molecule has 0 unspecified atom stereocenters. The van der Waals surface area contributed by atoms with Gasteiger partial charge in [0, 0.05) is 20.0 Å². The number of likely N-dealkylation sites (N-methyl/N-ethyl adjacent to an activating group) is 1. The average Bonchev–Trinajstić information content (AvgIpc) is 2.98. The lowest BCUT2D eigenvalue weighted by Gasteiger charge is -2.33. The molecule has 4 aromatic rings. The van der Waals surface area contributed by atoms with Crippen LogP contribution in [-0.4, -0.2) is 44.8 Å². The summed E-state index contributed by atoms with van der Waals surface area (Å²) in [5.41, 5.74) is 4.94. The number of benzene rings is 4. The molecule has 1 N–H and O–H groups in total. The molecule has 0 aliphatic heterocycles. The lowest BCUT2D eigenvalue weighted by molar-refractivity contribution is -0.139. The van der Waals surface area contributed by atoms with Crippen LogP contribution in [0.1, 0.15) is 27.8 Å². The van der Waals surface area contributed by atoms with Gasteiger partial charge in [-0.3, -0.25) is 13.9 Å². The molecule has 0 aromatic heterocycles. The van der Waals surface area contributed by atoms with Crippen molar-refractivity contribution in [2.45, 2.75) is 44.7 Å². The molecule has 0 heterocycles. The number of anilines is 1. The molecule has 42 heavy (non-hydrogen) atoms. The van der Waals surface area contributed by atoms with Gasteiger partial charge in [0.2, 0.25) is 11.8 Å². The van der Waals surface area contributed by atoms with E-state index in [9.17, 15) is 18.0 Å². The van der Waals surface area contributed by atoms with Gasteiger partial charge in [-0.15, -0.1) is 0 Å². The van der Waals surface area contributed by atoms with Crippen molar-refractivity contribution < 1.29 is 18.0 Å². The quantitative estimate of drug-likeness (QED) is 0.263. The maximum absolute atomic E-state index is 14.3. The van der Waals surface area contributed by atoms with E-state index in [4.69, 9.17) is 0 Å². The lowest BCUT2D eigenvalue weighted by Crippen LogP contribution is -2.53. The molecule has 218 valence electrons. The highest BCUT2D eigenvalue weighted by Crippen LogP contribution is 2.26. The number of nitrogens with zero attached hydrogens (tertiary/aromatic N) is 2. The summed E-state index contributed by atoms with van der Waals surface area (Å²) in [6.45, 7) is 5.38. The van der Waals surface area contributed by atoms with Crippen LogP contribution in [0.2, 0.25) is 0 Å². The van der Waals surface area contributed by atoms with E-state index < -0.39 is 28.5 Å². The van der Waals surface area contributed by atoms with Gasteiger partial charge in [0.25, 0.3) is 10.0 Å². The van der Waals surface area contributed by atoms with Gasteiger partial charge in [-0.25, -0.2) is 8.42 Å². The monoisotopic (exact) mass is 583 g/mol.